The van der Waals surface area contributed by atoms with Gasteiger partial charge in [0.15, 0.2) is 5.96 Å². The third-order valence-corrected chi connectivity index (χ3v) is 5.59. The predicted molar refractivity (Wildman–Crippen MR) is 115 cm³/mol. The van der Waals surface area contributed by atoms with E-state index in [4.69, 9.17) is 5.73 Å². The summed E-state index contributed by atoms with van der Waals surface area (Å²) in [7, 11) is 0. The van der Waals surface area contributed by atoms with Crippen molar-refractivity contribution in [2.24, 2.45) is 10.7 Å². The molecule has 5 nitrogen and oxygen atoms in total. The number of thiazole rings is 1. The highest BCUT2D eigenvalue weighted by molar-refractivity contribution is 14.0. The van der Waals surface area contributed by atoms with Crippen LogP contribution in [0.25, 0.3) is 0 Å². The first-order valence-electron chi connectivity index (χ1n) is 8.69. The van der Waals surface area contributed by atoms with Gasteiger partial charge in [0.2, 0.25) is 0 Å². The Balaban J connectivity index is 0.00000196. The van der Waals surface area contributed by atoms with Gasteiger partial charge < -0.3 is 15.5 Å². The van der Waals surface area contributed by atoms with Gasteiger partial charge in [0.25, 0.3) is 0 Å². The standard InChI is InChI=1S/C18H22FN5S.HI/c19-14-3-5-15(6-4-14)23-7-9-24(10-8-23)18(20)21-11-17-22-16(12-25-17)13-1-2-13;/h3-6,12-13H,1-2,7-11H2,(H2,20,21);1H. The summed E-state index contributed by atoms with van der Waals surface area (Å²) >= 11 is 1.67. The lowest BCUT2D eigenvalue weighted by Crippen LogP contribution is -2.51. The molecule has 2 N–H and O–H groups in total. The number of hydrogen-bond donors (Lipinski definition) is 1. The van der Waals surface area contributed by atoms with Gasteiger partial charge >= 0.3 is 0 Å². The first kappa shape index (κ1) is 19.3. The zero-order valence-electron chi connectivity index (χ0n) is 14.5. The van der Waals surface area contributed by atoms with Gasteiger partial charge in [0.1, 0.15) is 10.8 Å². The first-order chi connectivity index (χ1) is 12.2. The summed E-state index contributed by atoms with van der Waals surface area (Å²) < 4.78 is 13.0. The zero-order valence-corrected chi connectivity index (χ0v) is 17.6. The van der Waals surface area contributed by atoms with E-state index in [1.807, 2.05) is 12.1 Å². The molecule has 1 aromatic heterocycles. The normalized spacial score (nSPS) is 18.0. The van der Waals surface area contributed by atoms with Crippen LogP contribution in [0.3, 0.4) is 0 Å². The van der Waals surface area contributed by atoms with E-state index < -0.39 is 0 Å². The molecule has 1 saturated heterocycles. The van der Waals surface area contributed by atoms with Gasteiger partial charge in [-0.25, -0.2) is 14.4 Å². The fraction of sp³-hybridized carbons (Fsp3) is 0.444. The summed E-state index contributed by atoms with van der Waals surface area (Å²) in [4.78, 5) is 13.5. The van der Waals surface area contributed by atoms with Crippen LogP contribution in [0.5, 0.6) is 0 Å². The molecule has 0 bridgehead atoms. The number of piperazine rings is 1. The van der Waals surface area contributed by atoms with Gasteiger partial charge in [-0.2, -0.15) is 0 Å². The van der Waals surface area contributed by atoms with Crippen molar-refractivity contribution in [1.29, 1.82) is 0 Å². The Labute approximate surface area is 174 Å². The molecular weight excluding hydrogens is 464 g/mol. The fourth-order valence-electron chi connectivity index (χ4n) is 3.06. The second-order valence-electron chi connectivity index (χ2n) is 6.57. The molecule has 4 rings (SSSR count). The van der Waals surface area contributed by atoms with Gasteiger partial charge in [-0.3, -0.25) is 0 Å². The number of aromatic nitrogens is 1. The number of halogens is 2. The summed E-state index contributed by atoms with van der Waals surface area (Å²) in [5.74, 6) is 1.07. The van der Waals surface area contributed by atoms with Crippen molar-refractivity contribution in [1.82, 2.24) is 9.88 Å². The Morgan fingerprint density at radius 1 is 1.19 bits per heavy atom. The van der Waals surface area contributed by atoms with E-state index in [-0.39, 0.29) is 29.8 Å². The van der Waals surface area contributed by atoms with E-state index in [2.05, 4.69) is 25.2 Å². The molecule has 2 aliphatic rings. The average Bonchev–Trinajstić information content (AvgIpc) is 3.39. The quantitative estimate of drug-likeness (QED) is 0.408. The minimum absolute atomic E-state index is 0. The number of hydrogen-bond acceptors (Lipinski definition) is 4. The lowest BCUT2D eigenvalue weighted by atomic mass is 10.2. The molecule has 0 unspecified atom stereocenters. The first-order valence-corrected chi connectivity index (χ1v) is 9.57. The number of rotatable bonds is 4. The summed E-state index contributed by atoms with van der Waals surface area (Å²) in [6.45, 7) is 3.90. The minimum Gasteiger partial charge on any atom is -0.370 e. The van der Waals surface area contributed by atoms with Crippen LogP contribution in [-0.2, 0) is 6.54 Å². The molecule has 0 amide bonds. The molecular formula is C18H23FIN5S. The smallest absolute Gasteiger partial charge is 0.191 e. The molecule has 1 saturated carbocycles. The maximum absolute atomic E-state index is 13.0. The lowest BCUT2D eigenvalue weighted by molar-refractivity contribution is 0.380. The molecule has 1 aromatic carbocycles. The maximum atomic E-state index is 13.0. The van der Waals surface area contributed by atoms with Gasteiger partial charge in [-0.1, -0.05) is 0 Å². The molecule has 0 radical (unpaired) electrons. The van der Waals surface area contributed by atoms with Crippen LogP contribution in [0.2, 0.25) is 0 Å². The molecule has 2 aromatic rings. The third-order valence-electron chi connectivity index (χ3n) is 4.74. The number of nitrogens with two attached hydrogens (primary N) is 1. The maximum Gasteiger partial charge on any atom is 0.191 e. The van der Waals surface area contributed by atoms with E-state index in [0.29, 0.717) is 18.4 Å². The largest absolute Gasteiger partial charge is 0.370 e. The summed E-state index contributed by atoms with van der Waals surface area (Å²) in [6.07, 6.45) is 2.54. The van der Waals surface area contributed by atoms with Crippen molar-refractivity contribution in [3.05, 3.63) is 46.2 Å². The Morgan fingerprint density at radius 2 is 1.88 bits per heavy atom. The highest BCUT2D eigenvalue weighted by Crippen LogP contribution is 2.40. The van der Waals surface area contributed by atoms with E-state index in [0.717, 1.165) is 36.9 Å². The van der Waals surface area contributed by atoms with Crippen molar-refractivity contribution in [3.63, 3.8) is 0 Å². The van der Waals surface area contributed by atoms with Gasteiger partial charge in [-0.05, 0) is 37.1 Å². The molecule has 2 heterocycles. The molecule has 1 aliphatic carbocycles. The number of nitrogens with zero attached hydrogens (tertiary/aromatic N) is 4. The summed E-state index contributed by atoms with van der Waals surface area (Å²) in [6, 6.07) is 6.65. The van der Waals surface area contributed by atoms with E-state index in [1.54, 1.807) is 11.3 Å². The predicted octanol–water partition coefficient (Wildman–Crippen LogP) is 3.41. The molecule has 26 heavy (non-hydrogen) atoms. The van der Waals surface area contributed by atoms with Crippen molar-refractivity contribution < 1.29 is 4.39 Å². The number of anilines is 1. The van der Waals surface area contributed by atoms with Crippen LogP contribution in [0.1, 0.15) is 29.5 Å². The zero-order chi connectivity index (χ0) is 17.2. The van der Waals surface area contributed by atoms with E-state index in [1.165, 1.54) is 30.7 Å². The molecule has 2 fully saturated rings. The van der Waals surface area contributed by atoms with Gasteiger partial charge in [-0.15, -0.1) is 35.3 Å². The van der Waals surface area contributed by atoms with Crippen molar-refractivity contribution >= 4 is 47.0 Å². The van der Waals surface area contributed by atoms with Crippen LogP contribution < -0.4 is 10.6 Å². The fourth-order valence-corrected chi connectivity index (χ4v) is 3.86. The number of aliphatic imine (C=N–C) groups is 1. The topological polar surface area (TPSA) is 57.8 Å². The summed E-state index contributed by atoms with van der Waals surface area (Å²) in [5.41, 5.74) is 8.44. The second kappa shape index (κ2) is 8.51. The van der Waals surface area contributed by atoms with Gasteiger partial charge in [0, 0.05) is 43.2 Å². The molecule has 140 valence electrons. The highest BCUT2D eigenvalue weighted by Gasteiger charge is 2.26. The second-order valence-corrected chi connectivity index (χ2v) is 7.51. The third kappa shape index (κ3) is 4.64. The molecule has 0 atom stereocenters. The van der Waals surface area contributed by atoms with Crippen molar-refractivity contribution in [2.75, 3.05) is 31.1 Å². The molecule has 1 aliphatic heterocycles. The monoisotopic (exact) mass is 487 g/mol. The Bertz CT molecular complexity index is 751. The van der Waals surface area contributed by atoms with Crippen LogP contribution in [0.15, 0.2) is 34.6 Å². The Kier molecular flexibility index (Phi) is 6.33. The number of guanidine groups is 1. The minimum atomic E-state index is -0.203. The van der Waals surface area contributed by atoms with E-state index in [9.17, 15) is 4.39 Å². The SMILES string of the molecule is I.NC(=NCc1nc(C2CC2)cs1)N1CCN(c2ccc(F)cc2)CC1. The van der Waals surface area contributed by atoms with Crippen molar-refractivity contribution in [3.8, 4) is 0 Å². The Hall–Kier alpha value is -1.42. The van der Waals surface area contributed by atoms with Crippen LogP contribution >= 0.6 is 35.3 Å². The molecule has 8 heteroatoms. The highest BCUT2D eigenvalue weighted by atomic mass is 127. The van der Waals surface area contributed by atoms with Crippen LogP contribution in [0.4, 0.5) is 10.1 Å². The average molecular weight is 487 g/mol. The van der Waals surface area contributed by atoms with Gasteiger partial charge in [0.05, 0.1) is 12.2 Å². The van der Waals surface area contributed by atoms with Crippen LogP contribution in [-0.4, -0.2) is 42.0 Å². The van der Waals surface area contributed by atoms with Crippen LogP contribution in [0, 0.1) is 5.82 Å². The summed E-state index contributed by atoms with van der Waals surface area (Å²) in [5, 5.41) is 3.19. The van der Waals surface area contributed by atoms with Crippen molar-refractivity contribution in [2.45, 2.75) is 25.3 Å². The van der Waals surface area contributed by atoms with E-state index >= 15 is 0 Å². The Morgan fingerprint density at radius 3 is 2.54 bits per heavy atom. The number of benzene rings is 1. The molecule has 0 spiro atoms. The lowest BCUT2D eigenvalue weighted by Gasteiger charge is -2.36.